The number of para-hydroxylation sites is 1. The monoisotopic (exact) mass is 257 g/mol. The average Bonchev–Trinajstić information content (AvgIpc) is 2.39. The molecule has 0 aliphatic heterocycles. The van der Waals surface area contributed by atoms with Gasteiger partial charge in [-0.05, 0) is 30.7 Å². The molecule has 0 radical (unpaired) electrons. The number of non-ortho nitro benzene ring substituents is 1. The van der Waals surface area contributed by atoms with E-state index in [0.717, 1.165) is 0 Å². The quantitative estimate of drug-likeness (QED) is 0.366. The van der Waals surface area contributed by atoms with Crippen molar-refractivity contribution in [2.45, 2.75) is 6.92 Å². The van der Waals surface area contributed by atoms with E-state index >= 15 is 0 Å². The van der Waals surface area contributed by atoms with Gasteiger partial charge in [0.25, 0.3) is 5.69 Å². The smallest absolute Gasteiger partial charge is 0.343 e. The predicted octanol–water partition coefficient (Wildman–Crippen LogP) is 3.12. The Morgan fingerprint density at radius 3 is 2.42 bits per heavy atom. The molecule has 0 amide bonds. The summed E-state index contributed by atoms with van der Waals surface area (Å²) < 4.78 is 5.17. The zero-order valence-corrected chi connectivity index (χ0v) is 10.2. The Hall–Kier alpha value is -2.69. The van der Waals surface area contributed by atoms with E-state index in [1.54, 1.807) is 31.2 Å². The third-order valence-electron chi connectivity index (χ3n) is 2.59. The highest BCUT2D eigenvalue weighted by atomic mass is 16.6. The van der Waals surface area contributed by atoms with Gasteiger partial charge in [-0.3, -0.25) is 10.1 Å². The van der Waals surface area contributed by atoms with Crippen molar-refractivity contribution in [2.75, 3.05) is 0 Å². The topological polar surface area (TPSA) is 69.4 Å². The highest BCUT2D eigenvalue weighted by Gasteiger charge is 2.15. The number of benzene rings is 2. The molecule has 96 valence electrons. The molecule has 2 aromatic rings. The second-order valence-electron chi connectivity index (χ2n) is 3.96. The molecule has 0 aliphatic rings. The summed E-state index contributed by atoms with van der Waals surface area (Å²) in [6.45, 7) is 1.63. The van der Waals surface area contributed by atoms with Gasteiger partial charge in [-0.15, -0.1) is 0 Å². The third-order valence-corrected chi connectivity index (χ3v) is 2.59. The molecule has 0 unspecified atom stereocenters. The second kappa shape index (κ2) is 5.30. The molecule has 0 atom stereocenters. The molecule has 0 saturated heterocycles. The number of nitro benzene ring substituents is 1. The van der Waals surface area contributed by atoms with Crippen molar-refractivity contribution in [1.29, 1.82) is 0 Å². The molecule has 0 fully saturated rings. The molecular weight excluding hydrogens is 246 g/mol. The summed E-state index contributed by atoms with van der Waals surface area (Å²) in [5.74, 6) is -0.0937. The van der Waals surface area contributed by atoms with Crippen LogP contribution in [0.1, 0.15) is 15.9 Å². The Kier molecular flexibility index (Phi) is 3.56. The van der Waals surface area contributed by atoms with Crippen molar-refractivity contribution in [3.05, 3.63) is 69.8 Å². The maximum Gasteiger partial charge on any atom is 0.343 e. The first kappa shape index (κ1) is 12.8. The van der Waals surface area contributed by atoms with Gasteiger partial charge in [-0.1, -0.05) is 18.2 Å². The van der Waals surface area contributed by atoms with Crippen LogP contribution < -0.4 is 4.74 Å². The molecule has 0 aromatic heterocycles. The van der Waals surface area contributed by atoms with Gasteiger partial charge in [0.15, 0.2) is 0 Å². The van der Waals surface area contributed by atoms with E-state index in [4.69, 9.17) is 4.74 Å². The van der Waals surface area contributed by atoms with Gasteiger partial charge in [-0.25, -0.2) is 4.79 Å². The highest BCUT2D eigenvalue weighted by Crippen LogP contribution is 2.19. The van der Waals surface area contributed by atoms with Crippen molar-refractivity contribution in [3.63, 3.8) is 0 Å². The van der Waals surface area contributed by atoms with Crippen molar-refractivity contribution in [1.82, 2.24) is 0 Å². The summed E-state index contributed by atoms with van der Waals surface area (Å²) in [6.07, 6.45) is 0. The maximum atomic E-state index is 11.9. The van der Waals surface area contributed by atoms with Crippen LogP contribution in [0.4, 0.5) is 5.69 Å². The van der Waals surface area contributed by atoms with Crippen LogP contribution in [0.15, 0.2) is 48.5 Å². The Bertz CT molecular complexity index is 623. The van der Waals surface area contributed by atoms with Crippen LogP contribution in [0.2, 0.25) is 0 Å². The van der Waals surface area contributed by atoms with Crippen LogP contribution in [-0.2, 0) is 0 Å². The zero-order chi connectivity index (χ0) is 13.8. The van der Waals surface area contributed by atoms with E-state index < -0.39 is 10.9 Å². The number of carbonyl (C=O) groups excluding carboxylic acids is 1. The minimum atomic E-state index is -0.529. The van der Waals surface area contributed by atoms with Crippen LogP contribution in [0, 0.1) is 17.0 Å². The van der Waals surface area contributed by atoms with Crippen molar-refractivity contribution < 1.29 is 14.5 Å². The molecule has 0 N–H and O–H groups in total. The maximum absolute atomic E-state index is 11.9. The van der Waals surface area contributed by atoms with Crippen molar-refractivity contribution in [3.8, 4) is 5.75 Å². The van der Waals surface area contributed by atoms with Crippen LogP contribution in [0.5, 0.6) is 5.75 Å². The van der Waals surface area contributed by atoms with Crippen molar-refractivity contribution >= 4 is 11.7 Å². The highest BCUT2D eigenvalue weighted by molar-refractivity contribution is 5.92. The molecule has 19 heavy (non-hydrogen) atoms. The number of ether oxygens (including phenoxy) is 1. The van der Waals surface area contributed by atoms with Crippen LogP contribution in [-0.4, -0.2) is 10.9 Å². The van der Waals surface area contributed by atoms with Crippen LogP contribution in [0.25, 0.3) is 0 Å². The van der Waals surface area contributed by atoms with Gasteiger partial charge in [-0.2, -0.15) is 0 Å². The van der Waals surface area contributed by atoms with Gasteiger partial charge >= 0.3 is 5.97 Å². The molecule has 2 aromatic carbocycles. The number of esters is 1. The number of hydrogen-bond donors (Lipinski definition) is 0. The molecule has 0 bridgehead atoms. The number of nitrogens with zero attached hydrogens (tertiary/aromatic N) is 1. The standard InChI is InChI=1S/C14H11NO4/c1-10-9-11(15(17)18)7-8-13(10)14(16)19-12-5-3-2-4-6-12/h2-9H,1H3. The van der Waals surface area contributed by atoms with E-state index in [0.29, 0.717) is 16.9 Å². The number of nitro groups is 1. The molecular formula is C14H11NO4. The molecule has 0 aliphatic carbocycles. The van der Waals surface area contributed by atoms with Crippen LogP contribution in [0.3, 0.4) is 0 Å². The summed E-state index contributed by atoms with van der Waals surface area (Å²) in [4.78, 5) is 22.0. The average molecular weight is 257 g/mol. The number of hydrogen-bond acceptors (Lipinski definition) is 4. The Labute approximate surface area is 109 Å². The fourth-order valence-corrected chi connectivity index (χ4v) is 1.64. The van der Waals surface area contributed by atoms with Gasteiger partial charge in [0.1, 0.15) is 5.75 Å². The Balaban J connectivity index is 2.22. The zero-order valence-electron chi connectivity index (χ0n) is 10.2. The summed E-state index contributed by atoms with van der Waals surface area (Å²) in [5, 5.41) is 10.6. The molecule has 5 heteroatoms. The molecule has 5 nitrogen and oxygen atoms in total. The van der Waals surface area contributed by atoms with Gasteiger partial charge < -0.3 is 4.74 Å². The summed E-state index contributed by atoms with van der Waals surface area (Å²) in [7, 11) is 0. The Morgan fingerprint density at radius 1 is 1.16 bits per heavy atom. The lowest BCUT2D eigenvalue weighted by Gasteiger charge is -2.06. The summed E-state index contributed by atoms with van der Waals surface area (Å²) >= 11 is 0. The SMILES string of the molecule is Cc1cc([N+](=O)[O-])ccc1C(=O)Oc1ccccc1. The summed E-state index contributed by atoms with van der Waals surface area (Å²) in [6, 6.07) is 12.7. The van der Waals surface area contributed by atoms with Gasteiger partial charge in [0.05, 0.1) is 10.5 Å². The van der Waals surface area contributed by atoms with Crippen molar-refractivity contribution in [2.24, 2.45) is 0 Å². The van der Waals surface area contributed by atoms with E-state index in [-0.39, 0.29) is 5.69 Å². The molecule has 2 rings (SSSR count). The number of rotatable bonds is 3. The first-order valence-corrected chi connectivity index (χ1v) is 5.60. The van der Waals surface area contributed by atoms with E-state index in [1.807, 2.05) is 6.07 Å². The van der Waals surface area contributed by atoms with E-state index in [1.165, 1.54) is 18.2 Å². The number of carbonyl (C=O) groups is 1. The van der Waals surface area contributed by atoms with Gasteiger partial charge in [0, 0.05) is 12.1 Å². The summed E-state index contributed by atoms with van der Waals surface area (Å²) in [5.41, 5.74) is 0.776. The first-order chi connectivity index (χ1) is 9.08. The molecule has 0 heterocycles. The Morgan fingerprint density at radius 2 is 1.84 bits per heavy atom. The molecule has 0 saturated carbocycles. The number of aryl methyl sites for hydroxylation is 1. The second-order valence-corrected chi connectivity index (χ2v) is 3.96. The van der Waals surface area contributed by atoms with E-state index in [9.17, 15) is 14.9 Å². The first-order valence-electron chi connectivity index (χ1n) is 5.60. The lowest BCUT2D eigenvalue weighted by molar-refractivity contribution is -0.384. The lowest BCUT2D eigenvalue weighted by Crippen LogP contribution is -2.10. The minimum Gasteiger partial charge on any atom is -0.423 e. The third kappa shape index (κ3) is 2.95. The normalized spacial score (nSPS) is 9.95. The van der Waals surface area contributed by atoms with Crippen LogP contribution >= 0.6 is 0 Å². The van der Waals surface area contributed by atoms with E-state index in [2.05, 4.69) is 0 Å². The fourth-order valence-electron chi connectivity index (χ4n) is 1.64. The lowest BCUT2D eigenvalue weighted by atomic mass is 10.1. The molecule has 0 spiro atoms. The minimum absolute atomic E-state index is 0.0474. The fraction of sp³-hybridized carbons (Fsp3) is 0.0714. The van der Waals surface area contributed by atoms with Gasteiger partial charge in [0.2, 0.25) is 0 Å². The largest absolute Gasteiger partial charge is 0.423 e. The predicted molar refractivity (Wildman–Crippen MR) is 69.2 cm³/mol.